The molecule has 0 radical (unpaired) electrons. The van der Waals surface area contributed by atoms with Crippen LogP contribution in [-0.4, -0.2) is 22.4 Å². The Bertz CT molecular complexity index is 624. The van der Waals surface area contributed by atoms with Crippen LogP contribution in [0.1, 0.15) is 40.1 Å². The summed E-state index contributed by atoms with van der Waals surface area (Å²) < 4.78 is 0. The monoisotopic (exact) mass is 304 g/mol. The number of aryl methyl sites for hydroxylation is 2. The molecule has 0 bridgehead atoms. The third-order valence-electron chi connectivity index (χ3n) is 2.87. The second-order valence-electron chi connectivity index (χ2n) is 4.85. The highest BCUT2D eigenvalue weighted by Gasteiger charge is 2.09. The smallest absolute Gasteiger partial charge is 0.251 e. The molecule has 0 fully saturated rings. The fourth-order valence-electron chi connectivity index (χ4n) is 1.91. The molecule has 2 aromatic heterocycles. The molecule has 21 heavy (non-hydrogen) atoms. The summed E-state index contributed by atoms with van der Waals surface area (Å²) in [5, 5.41) is 9.06. The molecule has 0 saturated heterocycles. The predicted octanol–water partition coefficient (Wildman–Crippen LogP) is 2.91. The third kappa shape index (κ3) is 4.53. The largest absolute Gasteiger partial charge is 0.370 e. The molecular formula is C15H20N4OS. The van der Waals surface area contributed by atoms with E-state index in [1.807, 2.05) is 19.2 Å². The molecule has 2 aromatic rings. The summed E-state index contributed by atoms with van der Waals surface area (Å²) in [6.45, 7) is 7.22. The van der Waals surface area contributed by atoms with Crippen LogP contribution in [0.2, 0.25) is 0 Å². The number of aromatic nitrogens is 2. The average molecular weight is 304 g/mol. The molecule has 0 aliphatic heterocycles. The maximum absolute atomic E-state index is 12.2. The standard InChI is InChI=1S/C15H20N4OS/c1-4-5-16-14-7-12(6-10(2)18-14)15(20)17-8-13-9-21-11(3)19-13/h6-7,9H,4-5,8H2,1-3H3,(H,16,18)(H,17,20). The first kappa shape index (κ1) is 15.4. The lowest BCUT2D eigenvalue weighted by molar-refractivity contribution is 0.0950. The molecule has 2 heterocycles. The van der Waals surface area contributed by atoms with Crippen molar-refractivity contribution >= 4 is 23.1 Å². The van der Waals surface area contributed by atoms with Crippen molar-refractivity contribution in [3.8, 4) is 0 Å². The number of thiazole rings is 1. The topological polar surface area (TPSA) is 66.9 Å². The van der Waals surface area contributed by atoms with E-state index in [4.69, 9.17) is 0 Å². The van der Waals surface area contributed by atoms with Crippen LogP contribution >= 0.6 is 11.3 Å². The van der Waals surface area contributed by atoms with Crippen LogP contribution < -0.4 is 10.6 Å². The zero-order valence-corrected chi connectivity index (χ0v) is 13.4. The fourth-order valence-corrected chi connectivity index (χ4v) is 2.52. The molecule has 0 atom stereocenters. The van der Waals surface area contributed by atoms with Crippen molar-refractivity contribution in [3.63, 3.8) is 0 Å². The summed E-state index contributed by atoms with van der Waals surface area (Å²) in [6.07, 6.45) is 1.01. The van der Waals surface area contributed by atoms with E-state index in [-0.39, 0.29) is 5.91 Å². The van der Waals surface area contributed by atoms with Crippen molar-refractivity contribution in [1.29, 1.82) is 0 Å². The van der Waals surface area contributed by atoms with Gasteiger partial charge in [-0.15, -0.1) is 11.3 Å². The summed E-state index contributed by atoms with van der Waals surface area (Å²) in [5.41, 5.74) is 2.33. The van der Waals surface area contributed by atoms with Crippen LogP contribution in [0.4, 0.5) is 5.82 Å². The minimum absolute atomic E-state index is 0.106. The van der Waals surface area contributed by atoms with Gasteiger partial charge in [-0.2, -0.15) is 0 Å². The Labute approximate surface area is 128 Å². The molecule has 0 aliphatic carbocycles. The third-order valence-corrected chi connectivity index (χ3v) is 3.69. The fraction of sp³-hybridized carbons (Fsp3) is 0.400. The van der Waals surface area contributed by atoms with E-state index >= 15 is 0 Å². The van der Waals surface area contributed by atoms with Crippen LogP contribution in [0.15, 0.2) is 17.5 Å². The Balaban J connectivity index is 2.02. The van der Waals surface area contributed by atoms with E-state index < -0.39 is 0 Å². The Kier molecular flexibility index (Phi) is 5.27. The summed E-state index contributed by atoms with van der Waals surface area (Å²) in [5.74, 6) is 0.636. The summed E-state index contributed by atoms with van der Waals surface area (Å²) in [7, 11) is 0. The normalized spacial score (nSPS) is 10.4. The molecule has 0 unspecified atom stereocenters. The Morgan fingerprint density at radius 3 is 2.76 bits per heavy atom. The molecule has 5 nitrogen and oxygen atoms in total. The van der Waals surface area contributed by atoms with Gasteiger partial charge in [-0.3, -0.25) is 4.79 Å². The molecule has 0 saturated carbocycles. The predicted molar refractivity (Wildman–Crippen MR) is 85.8 cm³/mol. The van der Waals surface area contributed by atoms with Gasteiger partial charge in [0, 0.05) is 23.2 Å². The number of nitrogens with one attached hydrogen (secondary N) is 2. The number of hydrogen-bond donors (Lipinski definition) is 2. The number of carbonyl (C=O) groups is 1. The highest BCUT2D eigenvalue weighted by Crippen LogP contribution is 2.11. The Morgan fingerprint density at radius 2 is 2.10 bits per heavy atom. The van der Waals surface area contributed by atoms with Gasteiger partial charge in [0.1, 0.15) is 5.82 Å². The molecule has 6 heteroatoms. The minimum atomic E-state index is -0.106. The first-order chi connectivity index (χ1) is 10.1. The molecule has 0 aliphatic rings. The highest BCUT2D eigenvalue weighted by atomic mass is 32.1. The number of nitrogens with zero attached hydrogens (tertiary/aromatic N) is 2. The van der Waals surface area contributed by atoms with Crippen molar-refractivity contribution in [2.24, 2.45) is 0 Å². The van der Waals surface area contributed by atoms with E-state index in [1.165, 1.54) is 0 Å². The van der Waals surface area contributed by atoms with Crippen LogP contribution in [0, 0.1) is 13.8 Å². The lowest BCUT2D eigenvalue weighted by Crippen LogP contribution is -2.23. The zero-order chi connectivity index (χ0) is 15.2. The minimum Gasteiger partial charge on any atom is -0.370 e. The number of anilines is 1. The maximum Gasteiger partial charge on any atom is 0.251 e. The molecule has 1 amide bonds. The van der Waals surface area contributed by atoms with Crippen molar-refractivity contribution in [3.05, 3.63) is 39.5 Å². The zero-order valence-electron chi connectivity index (χ0n) is 12.6. The summed E-state index contributed by atoms with van der Waals surface area (Å²) in [4.78, 5) is 20.9. The first-order valence-electron chi connectivity index (χ1n) is 7.00. The van der Waals surface area contributed by atoms with Gasteiger partial charge in [-0.05, 0) is 32.4 Å². The van der Waals surface area contributed by atoms with Crippen molar-refractivity contribution in [1.82, 2.24) is 15.3 Å². The second kappa shape index (κ2) is 7.17. The van der Waals surface area contributed by atoms with Gasteiger partial charge in [0.25, 0.3) is 5.91 Å². The van der Waals surface area contributed by atoms with E-state index in [1.54, 1.807) is 23.5 Å². The van der Waals surface area contributed by atoms with Gasteiger partial charge in [0.15, 0.2) is 0 Å². The number of hydrogen-bond acceptors (Lipinski definition) is 5. The van der Waals surface area contributed by atoms with Gasteiger partial charge in [0.05, 0.1) is 17.2 Å². The number of pyridine rings is 1. The maximum atomic E-state index is 12.2. The van der Waals surface area contributed by atoms with E-state index in [9.17, 15) is 4.79 Å². The second-order valence-corrected chi connectivity index (χ2v) is 5.91. The molecule has 112 valence electrons. The van der Waals surface area contributed by atoms with Gasteiger partial charge in [-0.25, -0.2) is 9.97 Å². The molecule has 2 rings (SSSR count). The van der Waals surface area contributed by atoms with Gasteiger partial charge >= 0.3 is 0 Å². The van der Waals surface area contributed by atoms with Crippen LogP contribution in [0.25, 0.3) is 0 Å². The number of rotatable bonds is 6. The first-order valence-corrected chi connectivity index (χ1v) is 7.88. The number of carbonyl (C=O) groups excluding carboxylic acids is 1. The summed E-state index contributed by atoms with van der Waals surface area (Å²) >= 11 is 1.58. The molecule has 2 N–H and O–H groups in total. The van der Waals surface area contributed by atoms with Crippen LogP contribution in [0.5, 0.6) is 0 Å². The van der Waals surface area contributed by atoms with Crippen LogP contribution in [-0.2, 0) is 6.54 Å². The number of amides is 1. The van der Waals surface area contributed by atoms with Gasteiger partial charge < -0.3 is 10.6 Å². The van der Waals surface area contributed by atoms with Crippen molar-refractivity contribution in [2.75, 3.05) is 11.9 Å². The van der Waals surface area contributed by atoms with Crippen molar-refractivity contribution < 1.29 is 4.79 Å². The van der Waals surface area contributed by atoms with Crippen molar-refractivity contribution in [2.45, 2.75) is 33.7 Å². The molecule has 0 spiro atoms. The highest BCUT2D eigenvalue weighted by molar-refractivity contribution is 7.09. The SMILES string of the molecule is CCCNc1cc(C(=O)NCc2csc(C)n2)cc(C)n1. The Morgan fingerprint density at radius 1 is 1.29 bits per heavy atom. The van der Waals surface area contributed by atoms with Gasteiger partial charge in [0.2, 0.25) is 0 Å². The summed E-state index contributed by atoms with van der Waals surface area (Å²) in [6, 6.07) is 3.57. The molecular weight excluding hydrogens is 284 g/mol. The van der Waals surface area contributed by atoms with E-state index in [0.717, 1.165) is 35.2 Å². The Hall–Kier alpha value is -1.95. The quantitative estimate of drug-likeness (QED) is 0.861. The lowest BCUT2D eigenvalue weighted by atomic mass is 10.2. The molecule has 0 aromatic carbocycles. The lowest BCUT2D eigenvalue weighted by Gasteiger charge is -2.08. The van der Waals surface area contributed by atoms with E-state index in [2.05, 4.69) is 27.5 Å². The van der Waals surface area contributed by atoms with Crippen LogP contribution in [0.3, 0.4) is 0 Å². The average Bonchev–Trinajstić information content (AvgIpc) is 2.87. The van der Waals surface area contributed by atoms with E-state index in [0.29, 0.717) is 12.1 Å². The van der Waals surface area contributed by atoms with Gasteiger partial charge in [-0.1, -0.05) is 6.92 Å².